The number of aryl methyl sites for hydroxylation is 1. The lowest BCUT2D eigenvalue weighted by Crippen LogP contribution is -2.29. The summed E-state index contributed by atoms with van der Waals surface area (Å²) in [6.07, 6.45) is 0.0476. The molecule has 128 valence electrons. The average Bonchev–Trinajstić information content (AvgIpc) is 2.96. The number of nitrogens with one attached hydrogen (secondary N) is 1. The standard InChI is InChI=1S/C17H20N2O3S2/c1-11(7-16(20)21)8-18-17(22)13-3-5-15(6-4-13)24-10-14-9-23-12(2)19-14/h3-6,9,11H,7-8,10H2,1-2H3,(H,18,22)(H,20,21). The van der Waals surface area contributed by atoms with Crippen LogP contribution in [0, 0.1) is 12.8 Å². The van der Waals surface area contributed by atoms with Gasteiger partial charge in [0, 0.05) is 34.6 Å². The van der Waals surface area contributed by atoms with Gasteiger partial charge < -0.3 is 10.4 Å². The SMILES string of the molecule is Cc1nc(CSc2ccc(C(=O)NCC(C)CC(=O)O)cc2)cs1. The van der Waals surface area contributed by atoms with Crippen molar-refractivity contribution in [3.05, 3.63) is 45.9 Å². The molecular formula is C17H20N2O3S2. The van der Waals surface area contributed by atoms with E-state index in [9.17, 15) is 9.59 Å². The van der Waals surface area contributed by atoms with Crippen molar-refractivity contribution in [3.63, 3.8) is 0 Å². The zero-order valence-corrected chi connectivity index (χ0v) is 15.2. The summed E-state index contributed by atoms with van der Waals surface area (Å²) in [6.45, 7) is 4.14. The summed E-state index contributed by atoms with van der Waals surface area (Å²) in [6, 6.07) is 7.40. The van der Waals surface area contributed by atoms with E-state index < -0.39 is 5.97 Å². The first-order valence-corrected chi connectivity index (χ1v) is 9.44. The zero-order chi connectivity index (χ0) is 17.5. The van der Waals surface area contributed by atoms with Crippen molar-refractivity contribution < 1.29 is 14.7 Å². The maximum Gasteiger partial charge on any atom is 0.303 e. The fraction of sp³-hybridized carbons (Fsp3) is 0.353. The Labute approximate surface area is 149 Å². The highest BCUT2D eigenvalue weighted by Gasteiger charge is 2.11. The molecule has 2 N–H and O–H groups in total. The molecule has 5 nitrogen and oxygen atoms in total. The predicted molar refractivity (Wildman–Crippen MR) is 96.6 cm³/mol. The first-order chi connectivity index (χ1) is 11.4. The molecule has 0 aliphatic rings. The molecule has 0 fully saturated rings. The molecule has 0 bridgehead atoms. The molecule has 1 aromatic heterocycles. The number of benzene rings is 1. The fourth-order valence-electron chi connectivity index (χ4n) is 2.07. The monoisotopic (exact) mass is 364 g/mol. The molecule has 0 radical (unpaired) electrons. The van der Waals surface area contributed by atoms with Gasteiger partial charge in [0.25, 0.3) is 5.91 Å². The highest BCUT2D eigenvalue weighted by Crippen LogP contribution is 2.23. The molecule has 0 aliphatic heterocycles. The summed E-state index contributed by atoms with van der Waals surface area (Å²) in [5, 5.41) is 14.6. The van der Waals surface area contributed by atoms with Crippen LogP contribution in [0.3, 0.4) is 0 Å². The van der Waals surface area contributed by atoms with Gasteiger partial charge >= 0.3 is 5.97 Å². The number of thiazole rings is 1. The van der Waals surface area contributed by atoms with Gasteiger partial charge in [0.2, 0.25) is 0 Å². The highest BCUT2D eigenvalue weighted by atomic mass is 32.2. The van der Waals surface area contributed by atoms with Crippen molar-refractivity contribution in [1.29, 1.82) is 0 Å². The second-order valence-corrected chi connectivity index (χ2v) is 7.69. The predicted octanol–water partition coefficient (Wildman–Crippen LogP) is 3.58. The molecule has 1 amide bonds. The molecule has 0 spiro atoms. The van der Waals surface area contributed by atoms with Crippen LogP contribution in [0.4, 0.5) is 0 Å². The fourth-order valence-corrected chi connectivity index (χ4v) is 3.58. The van der Waals surface area contributed by atoms with Gasteiger partial charge in [-0.05, 0) is 37.1 Å². The van der Waals surface area contributed by atoms with Gasteiger partial charge in [-0.25, -0.2) is 4.98 Å². The van der Waals surface area contributed by atoms with E-state index in [0.29, 0.717) is 12.1 Å². The van der Waals surface area contributed by atoms with Crippen molar-refractivity contribution in [2.75, 3.05) is 6.54 Å². The van der Waals surface area contributed by atoms with Crippen LogP contribution in [-0.2, 0) is 10.5 Å². The third kappa shape index (κ3) is 5.98. The summed E-state index contributed by atoms with van der Waals surface area (Å²) in [7, 11) is 0. The minimum absolute atomic E-state index is 0.0476. The van der Waals surface area contributed by atoms with Crippen LogP contribution in [0.2, 0.25) is 0 Å². The van der Waals surface area contributed by atoms with Crippen LogP contribution >= 0.6 is 23.1 Å². The molecule has 7 heteroatoms. The Hall–Kier alpha value is -1.86. The quantitative estimate of drug-likeness (QED) is 0.700. The Kier molecular flexibility index (Phi) is 6.81. The van der Waals surface area contributed by atoms with E-state index in [2.05, 4.69) is 15.7 Å². The molecule has 24 heavy (non-hydrogen) atoms. The van der Waals surface area contributed by atoms with Crippen molar-refractivity contribution in [2.45, 2.75) is 30.9 Å². The number of nitrogens with zero attached hydrogens (tertiary/aromatic N) is 1. The second-order valence-electron chi connectivity index (χ2n) is 5.58. The summed E-state index contributed by atoms with van der Waals surface area (Å²) in [5.74, 6) is -0.321. The summed E-state index contributed by atoms with van der Waals surface area (Å²) in [5.41, 5.74) is 1.64. The third-order valence-corrected chi connectivity index (χ3v) is 5.17. The first-order valence-electron chi connectivity index (χ1n) is 7.58. The lowest BCUT2D eigenvalue weighted by Gasteiger charge is -2.10. The molecule has 1 unspecified atom stereocenters. The van der Waals surface area contributed by atoms with Crippen LogP contribution in [0.1, 0.15) is 34.4 Å². The Balaban J connectivity index is 1.82. The number of thioether (sulfide) groups is 1. The van der Waals surface area contributed by atoms with Crippen LogP contribution < -0.4 is 5.32 Å². The maximum atomic E-state index is 12.1. The van der Waals surface area contributed by atoms with E-state index in [-0.39, 0.29) is 18.2 Å². The summed E-state index contributed by atoms with van der Waals surface area (Å²) < 4.78 is 0. The molecule has 0 aliphatic carbocycles. The van der Waals surface area contributed by atoms with Gasteiger partial charge in [0.1, 0.15) is 0 Å². The van der Waals surface area contributed by atoms with E-state index >= 15 is 0 Å². The third-order valence-electron chi connectivity index (χ3n) is 3.30. The number of carbonyl (C=O) groups excluding carboxylic acids is 1. The number of hydrogen-bond acceptors (Lipinski definition) is 5. The summed E-state index contributed by atoms with van der Waals surface area (Å²) >= 11 is 3.32. The number of carboxylic acid groups (broad SMARTS) is 1. The molecule has 1 atom stereocenters. The van der Waals surface area contributed by atoms with Crippen LogP contribution in [0.5, 0.6) is 0 Å². The second kappa shape index (κ2) is 8.84. The lowest BCUT2D eigenvalue weighted by molar-refractivity contribution is -0.137. The van der Waals surface area contributed by atoms with Crippen LogP contribution in [0.25, 0.3) is 0 Å². The van der Waals surface area contributed by atoms with Crippen LogP contribution in [-0.4, -0.2) is 28.5 Å². The number of aliphatic carboxylic acids is 1. The average molecular weight is 364 g/mol. The molecule has 1 heterocycles. The number of rotatable bonds is 8. The molecule has 2 rings (SSSR count). The first kappa shape index (κ1) is 18.5. The largest absolute Gasteiger partial charge is 0.481 e. The minimum atomic E-state index is -0.853. The van der Waals surface area contributed by atoms with Crippen molar-refractivity contribution in [3.8, 4) is 0 Å². The Morgan fingerprint density at radius 2 is 2.04 bits per heavy atom. The number of hydrogen-bond donors (Lipinski definition) is 2. The Morgan fingerprint density at radius 3 is 2.62 bits per heavy atom. The van der Waals surface area contributed by atoms with Gasteiger partial charge in [0.05, 0.1) is 10.7 Å². The van der Waals surface area contributed by atoms with Crippen molar-refractivity contribution >= 4 is 35.0 Å². The van der Waals surface area contributed by atoms with Crippen LogP contribution in [0.15, 0.2) is 34.5 Å². The van der Waals surface area contributed by atoms with Gasteiger partial charge in [-0.2, -0.15) is 0 Å². The van der Waals surface area contributed by atoms with Gasteiger partial charge in [-0.1, -0.05) is 6.92 Å². The molecular weight excluding hydrogens is 344 g/mol. The van der Waals surface area contributed by atoms with E-state index in [1.807, 2.05) is 19.1 Å². The van der Waals surface area contributed by atoms with Gasteiger partial charge in [-0.15, -0.1) is 23.1 Å². The van der Waals surface area contributed by atoms with Crippen molar-refractivity contribution in [1.82, 2.24) is 10.3 Å². The number of aromatic nitrogens is 1. The zero-order valence-electron chi connectivity index (χ0n) is 13.6. The van der Waals surface area contributed by atoms with E-state index in [1.54, 1.807) is 42.2 Å². The summed E-state index contributed by atoms with van der Waals surface area (Å²) in [4.78, 5) is 28.2. The number of amides is 1. The number of carbonyl (C=O) groups is 2. The van der Waals surface area contributed by atoms with Crippen molar-refractivity contribution in [2.24, 2.45) is 5.92 Å². The maximum absolute atomic E-state index is 12.1. The molecule has 0 saturated heterocycles. The Morgan fingerprint density at radius 1 is 1.33 bits per heavy atom. The van der Waals surface area contributed by atoms with E-state index in [4.69, 9.17) is 5.11 Å². The van der Waals surface area contributed by atoms with E-state index in [0.717, 1.165) is 21.3 Å². The molecule has 0 saturated carbocycles. The molecule has 1 aromatic carbocycles. The van der Waals surface area contributed by atoms with Gasteiger partial charge in [-0.3, -0.25) is 9.59 Å². The topological polar surface area (TPSA) is 79.3 Å². The normalized spacial score (nSPS) is 11.9. The number of carboxylic acids is 1. The van der Waals surface area contributed by atoms with E-state index in [1.165, 1.54) is 0 Å². The van der Waals surface area contributed by atoms with Gasteiger partial charge in [0.15, 0.2) is 0 Å². The minimum Gasteiger partial charge on any atom is -0.481 e. The molecule has 2 aromatic rings. The Bertz CT molecular complexity index is 698. The lowest BCUT2D eigenvalue weighted by atomic mass is 10.1. The smallest absolute Gasteiger partial charge is 0.303 e. The highest BCUT2D eigenvalue weighted by molar-refractivity contribution is 7.98.